The van der Waals surface area contributed by atoms with Gasteiger partial charge in [0.25, 0.3) is 0 Å². The molecule has 0 fully saturated rings. The fourth-order valence-electron chi connectivity index (χ4n) is 4.39. The van der Waals surface area contributed by atoms with Crippen LogP contribution in [0, 0.1) is 0 Å². The predicted molar refractivity (Wildman–Crippen MR) is 84.2 cm³/mol. The summed E-state index contributed by atoms with van der Waals surface area (Å²) in [5.74, 6) is 1.01. The van der Waals surface area contributed by atoms with Crippen LogP contribution in [0.4, 0.5) is 0 Å². The molecule has 0 aliphatic heterocycles. The van der Waals surface area contributed by atoms with Crippen LogP contribution in [0.3, 0.4) is 0 Å². The Balaban J connectivity index is 2.07. The number of allylic oxidation sites excluding steroid dienone is 2. The largest absolute Gasteiger partial charge is 0.0619 e. The molecule has 0 aromatic heterocycles. The molecule has 0 nitrogen and oxygen atoms in total. The maximum absolute atomic E-state index is 2.34. The summed E-state index contributed by atoms with van der Waals surface area (Å²) in [5, 5.41) is 0. The van der Waals surface area contributed by atoms with Crippen LogP contribution in [-0.2, 0) is 0 Å². The van der Waals surface area contributed by atoms with Crippen molar-refractivity contribution in [3.63, 3.8) is 0 Å². The van der Waals surface area contributed by atoms with Crippen LogP contribution in [0.15, 0.2) is 59.7 Å². The van der Waals surface area contributed by atoms with E-state index in [4.69, 9.17) is 0 Å². The summed E-state index contributed by atoms with van der Waals surface area (Å²) in [4.78, 5) is 0. The van der Waals surface area contributed by atoms with E-state index in [9.17, 15) is 0 Å². The van der Waals surface area contributed by atoms with E-state index in [2.05, 4.69) is 62.4 Å². The molecule has 0 unspecified atom stereocenters. The second-order valence-corrected chi connectivity index (χ2v) is 5.88. The van der Waals surface area contributed by atoms with Crippen molar-refractivity contribution < 1.29 is 0 Å². The van der Waals surface area contributed by atoms with Gasteiger partial charge in [0.1, 0.15) is 0 Å². The van der Waals surface area contributed by atoms with E-state index in [0.29, 0.717) is 11.8 Å². The average molecular weight is 260 g/mol. The van der Waals surface area contributed by atoms with Crippen molar-refractivity contribution in [1.29, 1.82) is 0 Å². The standard InChI is InChI=1S/C20H20/c1-3-13-14(4-2)20-17-11-7-5-9-15(17)19(13)16-10-6-8-12-18(16)20/h5-12,19-20H,3-4H2,1-2H3. The van der Waals surface area contributed by atoms with Gasteiger partial charge in [-0.1, -0.05) is 73.5 Å². The zero-order chi connectivity index (χ0) is 13.7. The molecule has 2 aromatic rings. The van der Waals surface area contributed by atoms with Gasteiger partial charge < -0.3 is 0 Å². The summed E-state index contributed by atoms with van der Waals surface area (Å²) in [6.45, 7) is 4.63. The summed E-state index contributed by atoms with van der Waals surface area (Å²) in [7, 11) is 0. The first-order chi connectivity index (χ1) is 9.86. The van der Waals surface area contributed by atoms with Gasteiger partial charge >= 0.3 is 0 Å². The highest BCUT2D eigenvalue weighted by Crippen LogP contribution is 2.56. The lowest BCUT2D eigenvalue weighted by atomic mass is 9.60. The minimum absolute atomic E-state index is 0.507. The summed E-state index contributed by atoms with van der Waals surface area (Å²) < 4.78 is 0. The first kappa shape index (κ1) is 12.0. The van der Waals surface area contributed by atoms with Gasteiger partial charge in [-0.05, 0) is 35.1 Å². The van der Waals surface area contributed by atoms with E-state index in [-0.39, 0.29) is 0 Å². The van der Waals surface area contributed by atoms with Gasteiger partial charge in [-0.3, -0.25) is 0 Å². The minimum atomic E-state index is 0.507. The average Bonchev–Trinajstić information content (AvgIpc) is 2.53. The third-order valence-electron chi connectivity index (χ3n) is 5.11. The topological polar surface area (TPSA) is 0 Å². The molecule has 5 rings (SSSR count). The van der Waals surface area contributed by atoms with E-state index >= 15 is 0 Å². The first-order valence-electron chi connectivity index (χ1n) is 7.76. The van der Waals surface area contributed by atoms with E-state index in [1.165, 1.54) is 12.8 Å². The summed E-state index contributed by atoms with van der Waals surface area (Å²) in [6, 6.07) is 18.1. The van der Waals surface area contributed by atoms with E-state index in [0.717, 1.165) is 0 Å². The van der Waals surface area contributed by atoms with Gasteiger partial charge in [0.05, 0.1) is 0 Å². The third kappa shape index (κ3) is 1.37. The fourth-order valence-corrected chi connectivity index (χ4v) is 4.39. The zero-order valence-electron chi connectivity index (χ0n) is 12.2. The monoisotopic (exact) mass is 260 g/mol. The smallest absolute Gasteiger partial charge is 0.0307 e. The predicted octanol–water partition coefficient (Wildman–Crippen LogP) is 5.39. The van der Waals surface area contributed by atoms with Crippen LogP contribution in [0.2, 0.25) is 0 Å². The molecule has 0 spiro atoms. The maximum Gasteiger partial charge on any atom is 0.0307 e. The Morgan fingerprint density at radius 1 is 0.600 bits per heavy atom. The zero-order valence-corrected chi connectivity index (χ0v) is 12.2. The van der Waals surface area contributed by atoms with Crippen molar-refractivity contribution >= 4 is 0 Å². The molecule has 0 radical (unpaired) electrons. The van der Waals surface area contributed by atoms with Crippen LogP contribution in [0.1, 0.15) is 60.8 Å². The van der Waals surface area contributed by atoms with Crippen molar-refractivity contribution in [1.82, 2.24) is 0 Å². The molecular weight excluding hydrogens is 240 g/mol. The molecule has 0 N–H and O–H groups in total. The maximum atomic E-state index is 2.34. The summed E-state index contributed by atoms with van der Waals surface area (Å²) in [6.07, 6.45) is 2.35. The molecule has 2 aromatic carbocycles. The highest BCUT2D eigenvalue weighted by atomic mass is 14.4. The highest BCUT2D eigenvalue weighted by molar-refractivity contribution is 5.65. The molecule has 0 heteroatoms. The number of rotatable bonds is 2. The van der Waals surface area contributed by atoms with Crippen molar-refractivity contribution in [2.24, 2.45) is 0 Å². The first-order valence-corrected chi connectivity index (χ1v) is 7.76. The lowest BCUT2D eigenvalue weighted by Gasteiger charge is -2.43. The highest BCUT2D eigenvalue weighted by Gasteiger charge is 2.40. The molecule has 3 aliphatic carbocycles. The molecule has 0 heterocycles. The second kappa shape index (κ2) is 4.34. The van der Waals surface area contributed by atoms with Crippen molar-refractivity contribution in [2.45, 2.75) is 38.5 Å². The van der Waals surface area contributed by atoms with Crippen molar-refractivity contribution in [3.05, 3.63) is 81.9 Å². The molecule has 100 valence electrons. The Morgan fingerprint density at radius 3 is 1.15 bits per heavy atom. The van der Waals surface area contributed by atoms with Gasteiger partial charge in [0.2, 0.25) is 0 Å². The van der Waals surface area contributed by atoms with Crippen LogP contribution < -0.4 is 0 Å². The normalized spacial score (nSPS) is 22.7. The third-order valence-corrected chi connectivity index (χ3v) is 5.11. The van der Waals surface area contributed by atoms with Gasteiger partial charge in [-0.25, -0.2) is 0 Å². The van der Waals surface area contributed by atoms with Gasteiger partial charge in [-0.15, -0.1) is 0 Å². The SMILES string of the molecule is CCC1=C(CC)C2c3ccccc3C1c1ccccc12. The van der Waals surface area contributed by atoms with E-state index in [1.54, 1.807) is 33.4 Å². The van der Waals surface area contributed by atoms with E-state index in [1.807, 2.05) is 0 Å². The Morgan fingerprint density at radius 2 is 0.900 bits per heavy atom. The van der Waals surface area contributed by atoms with E-state index < -0.39 is 0 Å². The molecule has 20 heavy (non-hydrogen) atoms. The Bertz CT molecular complexity index is 598. The number of hydrogen-bond donors (Lipinski definition) is 0. The molecule has 0 saturated heterocycles. The van der Waals surface area contributed by atoms with Gasteiger partial charge in [0, 0.05) is 11.8 Å². The Kier molecular flexibility index (Phi) is 2.60. The Labute approximate surface area is 121 Å². The van der Waals surface area contributed by atoms with Gasteiger partial charge in [0.15, 0.2) is 0 Å². The minimum Gasteiger partial charge on any atom is -0.0619 e. The summed E-state index contributed by atoms with van der Waals surface area (Å²) >= 11 is 0. The van der Waals surface area contributed by atoms with Crippen LogP contribution in [-0.4, -0.2) is 0 Å². The second-order valence-electron chi connectivity index (χ2n) is 5.88. The lowest BCUT2D eigenvalue weighted by molar-refractivity contribution is 0.680. The fraction of sp³-hybridized carbons (Fsp3) is 0.300. The van der Waals surface area contributed by atoms with Crippen LogP contribution >= 0.6 is 0 Å². The molecule has 3 aliphatic rings. The van der Waals surface area contributed by atoms with Gasteiger partial charge in [-0.2, -0.15) is 0 Å². The lowest BCUT2D eigenvalue weighted by Crippen LogP contribution is -2.27. The molecule has 0 saturated carbocycles. The molecular formula is C20H20. The van der Waals surface area contributed by atoms with Crippen molar-refractivity contribution in [2.75, 3.05) is 0 Å². The molecule has 2 bridgehead atoms. The quantitative estimate of drug-likeness (QED) is 0.635. The summed E-state index contributed by atoms with van der Waals surface area (Å²) in [5.41, 5.74) is 9.54. The van der Waals surface area contributed by atoms with Crippen molar-refractivity contribution in [3.8, 4) is 0 Å². The number of benzene rings is 2. The van der Waals surface area contributed by atoms with Crippen LogP contribution in [0.25, 0.3) is 0 Å². The molecule has 0 amide bonds. The molecule has 0 atom stereocenters. The Hall–Kier alpha value is -1.82. The number of hydrogen-bond acceptors (Lipinski definition) is 0. The van der Waals surface area contributed by atoms with Crippen LogP contribution in [0.5, 0.6) is 0 Å².